The van der Waals surface area contributed by atoms with Crippen LogP contribution in [-0.2, 0) is 12.8 Å². The first-order chi connectivity index (χ1) is 7.88. The van der Waals surface area contributed by atoms with E-state index in [1.54, 1.807) is 0 Å². The Morgan fingerprint density at radius 3 is 2.69 bits per heavy atom. The Bertz CT molecular complexity index is 529. The quantitative estimate of drug-likeness (QED) is 0.641. The molecule has 0 atom stereocenters. The highest BCUT2D eigenvalue weighted by atomic mass is 14.9. The summed E-state index contributed by atoms with van der Waals surface area (Å²) in [7, 11) is 0. The Labute approximate surface area is 96.1 Å². The Morgan fingerprint density at radius 1 is 1.00 bits per heavy atom. The Balaban J connectivity index is 2.12. The summed E-state index contributed by atoms with van der Waals surface area (Å²) in [6, 6.07) is 15.1. The second-order valence-electron chi connectivity index (χ2n) is 4.26. The predicted molar refractivity (Wildman–Crippen MR) is 68.4 cm³/mol. The second kappa shape index (κ2) is 3.67. The van der Waals surface area contributed by atoms with Gasteiger partial charge < -0.3 is 5.32 Å². The largest absolute Gasteiger partial charge is 0.355 e. The van der Waals surface area contributed by atoms with Crippen molar-refractivity contribution in [2.45, 2.75) is 19.8 Å². The molecule has 80 valence electrons. The molecule has 2 aromatic carbocycles. The van der Waals surface area contributed by atoms with E-state index in [1.807, 2.05) is 0 Å². The van der Waals surface area contributed by atoms with E-state index in [4.69, 9.17) is 0 Å². The number of nitrogens with one attached hydrogen (secondary N) is 1. The molecular weight excluding hydrogens is 194 g/mol. The lowest BCUT2D eigenvalue weighted by atomic mass is 9.94. The highest BCUT2D eigenvalue weighted by Gasteiger charge is 2.15. The molecule has 1 aliphatic rings. The number of benzene rings is 2. The van der Waals surface area contributed by atoms with Crippen molar-refractivity contribution in [3.05, 3.63) is 59.2 Å². The molecule has 1 nitrogen and oxygen atoms in total. The number of rotatable bonds is 1. The second-order valence-corrected chi connectivity index (χ2v) is 4.26. The first kappa shape index (κ1) is 9.46. The first-order valence-electron chi connectivity index (χ1n) is 5.84. The number of fused-ring (bicyclic) bond motifs is 2. The van der Waals surface area contributed by atoms with Crippen LogP contribution in [0, 0.1) is 0 Å². The monoisotopic (exact) mass is 209 g/mol. The molecule has 0 spiro atoms. The summed E-state index contributed by atoms with van der Waals surface area (Å²) in [6.45, 7) is 2.21. The minimum absolute atomic E-state index is 1.05. The highest BCUT2D eigenvalue weighted by molar-refractivity contribution is 5.74. The van der Waals surface area contributed by atoms with Gasteiger partial charge in [-0.15, -0.1) is 0 Å². The van der Waals surface area contributed by atoms with Crippen LogP contribution in [0.3, 0.4) is 0 Å². The van der Waals surface area contributed by atoms with E-state index in [9.17, 15) is 0 Å². The fraction of sp³-hybridized carbons (Fsp3) is 0.200. The zero-order valence-electron chi connectivity index (χ0n) is 9.46. The van der Waals surface area contributed by atoms with Crippen LogP contribution >= 0.6 is 0 Å². The predicted octanol–water partition coefficient (Wildman–Crippen LogP) is 3.90. The van der Waals surface area contributed by atoms with Gasteiger partial charge >= 0.3 is 0 Å². The fourth-order valence-corrected chi connectivity index (χ4v) is 2.39. The van der Waals surface area contributed by atoms with E-state index in [0.29, 0.717) is 0 Å². The van der Waals surface area contributed by atoms with Gasteiger partial charge in [0.25, 0.3) is 0 Å². The van der Waals surface area contributed by atoms with Crippen LogP contribution in [0.2, 0.25) is 0 Å². The molecule has 0 unspecified atom stereocenters. The van der Waals surface area contributed by atoms with Crippen LogP contribution in [0.5, 0.6) is 0 Å². The maximum atomic E-state index is 3.56. The molecule has 16 heavy (non-hydrogen) atoms. The van der Waals surface area contributed by atoms with Crippen molar-refractivity contribution >= 4 is 11.4 Å². The first-order valence-corrected chi connectivity index (χ1v) is 5.84. The summed E-state index contributed by atoms with van der Waals surface area (Å²) < 4.78 is 0. The maximum absolute atomic E-state index is 3.56. The van der Waals surface area contributed by atoms with Crippen LogP contribution in [0.4, 0.5) is 11.4 Å². The molecular formula is C15H15N. The average molecular weight is 209 g/mol. The molecule has 1 aliphatic heterocycles. The van der Waals surface area contributed by atoms with Crippen molar-refractivity contribution in [1.29, 1.82) is 0 Å². The molecule has 3 rings (SSSR count). The lowest BCUT2D eigenvalue weighted by Gasteiger charge is -2.23. The molecule has 1 heterocycles. The van der Waals surface area contributed by atoms with Crippen LogP contribution < -0.4 is 5.32 Å². The van der Waals surface area contributed by atoms with Gasteiger partial charge in [0.2, 0.25) is 0 Å². The van der Waals surface area contributed by atoms with E-state index < -0.39 is 0 Å². The lowest BCUT2D eigenvalue weighted by molar-refractivity contribution is 1.09. The third kappa shape index (κ3) is 1.40. The summed E-state index contributed by atoms with van der Waals surface area (Å²) in [5, 5.41) is 3.56. The molecule has 1 N–H and O–H groups in total. The van der Waals surface area contributed by atoms with Gasteiger partial charge in [-0.1, -0.05) is 43.3 Å². The van der Waals surface area contributed by atoms with E-state index in [-0.39, 0.29) is 0 Å². The van der Waals surface area contributed by atoms with Crippen molar-refractivity contribution < 1.29 is 0 Å². The van der Waals surface area contributed by atoms with E-state index >= 15 is 0 Å². The van der Waals surface area contributed by atoms with Gasteiger partial charge in [0.05, 0.1) is 0 Å². The normalized spacial score (nSPS) is 12.6. The molecule has 0 aromatic heterocycles. The number of hydrogen-bond acceptors (Lipinski definition) is 1. The molecule has 0 aliphatic carbocycles. The Morgan fingerprint density at radius 2 is 1.81 bits per heavy atom. The molecule has 2 aromatic rings. The summed E-state index contributed by atoms with van der Waals surface area (Å²) in [5.74, 6) is 0. The average Bonchev–Trinajstić information content (AvgIpc) is 2.35. The Kier molecular flexibility index (Phi) is 2.17. The van der Waals surface area contributed by atoms with E-state index in [2.05, 4.69) is 54.7 Å². The fourth-order valence-electron chi connectivity index (χ4n) is 2.39. The van der Waals surface area contributed by atoms with Gasteiger partial charge in [0.1, 0.15) is 0 Å². The minimum atomic E-state index is 1.05. The van der Waals surface area contributed by atoms with Gasteiger partial charge in [-0.3, -0.25) is 0 Å². The summed E-state index contributed by atoms with van der Waals surface area (Å²) in [5.41, 5.74) is 6.80. The van der Waals surface area contributed by atoms with Gasteiger partial charge in [0, 0.05) is 17.8 Å². The van der Waals surface area contributed by atoms with Crippen molar-refractivity contribution in [3.63, 3.8) is 0 Å². The van der Waals surface area contributed by atoms with Crippen molar-refractivity contribution in [2.75, 3.05) is 5.32 Å². The van der Waals surface area contributed by atoms with Crippen LogP contribution in [0.15, 0.2) is 42.5 Å². The molecule has 0 fully saturated rings. The standard InChI is InChI=1S/C15H15N/c1-2-11-7-5-8-13-10-12-6-3-4-9-14(12)16-15(11)13/h3-9,16H,2,10H2,1H3. The molecule has 0 saturated carbocycles. The summed E-state index contributed by atoms with van der Waals surface area (Å²) >= 11 is 0. The number of hydrogen-bond donors (Lipinski definition) is 1. The minimum Gasteiger partial charge on any atom is -0.355 e. The number of para-hydroxylation sites is 2. The smallest absolute Gasteiger partial charge is 0.0452 e. The van der Waals surface area contributed by atoms with Crippen molar-refractivity contribution in [3.8, 4) is 0 Å². The zero-order chi connectivity index (χ0) is 11.0. The molecule has 0 radical (unpaired) electrons. The summed E-state index contributed by atoms with van der Waals surface area (Å²) in [4.78, 5) is 0. The summed E-state index contributed by atoms with van der Waals surface area (Å²) in [6.07, 6.45) is 2.13. The zero-order valence-corrected chi connectivity index (χ0v) is 9.46. The molecule has 0 bridgehead atoms. The van der Waals surface area contributed by atoms with Gasteiger partial charge in [-0.05, 0) is 29.2 Å². The SMILES string of the molecule is CCc1cccc2c1Nc1ccccc1C2. The van der Waals surface area contributed by atoms with E-state index in [0.717, 1.165) is 12.8 Å². The Hall–Kier alpha value is -1.76. The van der Waals surface area contributed by atoms with Crippen molar-refractivity contribution in [1.82, 2.24) is 0 Å². The van der Waals surface area contributed by atoms with Gasteiger partial charge in [-0.25, -0.2) is 0 Å². The highest BCUT2D eigenvalue weighted by Crippen LogP contribution is 2.34. The van der Waals surface area contributed by atoms with Gasteiger partial charge in [-0.2, -0.15) is 0 Å². The number of aryl methyl sites for hydroxylation is 1. The molecule has 0 amide bonds. The maximum Gasteiger partial charge on any atom is 0.0452 e. The molecule has 1 heteroatoms. The van der Waals surface area contributed by atoms with Crippen LogP contribution in [0.25, 0.3) is 0 Å². The number of anilines is 2. The topological polar surface area (TPSA) is 12.0 Å². The van der Waals surface area contributed by atoms with Crippen LogP contribution in [-0.4, -0.2) is 0 Å². The van der Waals surface area contributed by atoms with Crippen molar-refractivity contribution in [2.24, 2.45) is 0 Å². The molecule has 0 saturated heterocycles. The third-order valence-corrected chi connectivity index (χ3v) is 3.28. The van der Waals surface area contributed by atoms with E-state index in [1.165, 1.54) is 28.1 Å². The lowest BCUT2D eigenvalue weighted by Crippen LogP contribution is -2.08. The van der Waals surface area contributed by atoms with Crippen LogP contribution in [0.1, 0.15) is 23.6 Å². The van der Waals surface area contributed by atoms with Gasteiger partial charge in [0.15, 0.2) is 0 Å². The third-order valence-electron chi connectivity index (χ3n) is 3.28.